The fraction of sp³-hybridized carbons (Fsp3) is 0.455. The Labute approximate surface area is 166 Å². The highest BCUT2D eigenvalue weighted by atomic mass is 16.3. The third-order valence-corrected chi connectivity index (χ3v) is 6.61. The van der Waals surface area contributed by atoms with Gasteiger partial charge in [-0.05, 0) is 56.2 Å². The van der Waals surface area contributed by atoms with Crippen LogP contribution in [0, 0.1) is 29.6 Å². The predicted octanol–water partition coefficient (Wildman–Crippen LogP) is 1.52. The van der Waals surface area contributed by atoms with Gasteiger partial charge in [0.15, 0.2) is 28.9 Å². The van der Waals surface area contributed by atoms with E-state index in [-0.39, 0.29) is 29.9 Å². The van der Waals surface area contributed by atoms with Crippen molar-refractivity contribution in [2.75, 3.05) is 0 Å². The molecule has 3 aliphatic carbocycles. The van der Waals surface area contributed by atoms with Gasteiger partial charge in [-0.1, -0.05) is 0 Å². The summed E-state index contributed by atoms with van der Waals surface area (Å²) in [6, 6.07) is 2.72. The van der Waals surface area contributed by atoms with E-state index < -0.39 is 58.5 Å². The van der Waals surface area contributed by atoms with Gasteiger partial charge in [0, 0.05) is 12.0 Å². The molecule has 5 unspecified atom stereocenters. The quantitative estimate of drug-likeness (QED) is 0.594. The molecule has 0 bridgehead atoms. The van der Waals surface area contributed by atoms with Crippen molar-refractivity contribution in [3.8, 4) is 5.75 Å². The smallest absolute Gasteiger partial charge is 0.177 e. The zero-order chi connectivity index (χ0) is 21.2. The molecule has 0 aromatic heterocycles. The summed E-state index contributed by atoms with van der Waals surface area (Å²) in [5.74, 6) is -8.14. The van der Waals surface area contributed by atoms with Crippen LogP contribution in [0.4, 0.5) is 0 Å². The van der Waals surface area contributed by atoms with E-state index in [0.29, 0.717) is 17.5 Å². The number of carbonyl (C=O) groups excluding carboxylic acids is 6. The molecule has 2 fully saturated rings. The summed E-state index contributed by atoms with van der Waals surface area (Å²) in [4.78, 5) is 75.3. The lowest BCUT2D eigenvalue weighted by Crippen LogP contribution is -2.55. The van der Waals surface area contributed by atoms with E-state index in [4.69, 9.17) is 0 Å². The van der Waals surface area contributed by atoms with Crippen LogP contribution in [0.1, 0.15) is 53.0 Å². The number of benzene rings is 1. The van der Waals surface area contributed by atoms with Crippen LogP contribution in [0.2, 0.25) is 0 Å². The van der Waals surface area contributed by atoms with Gasteiger partial charge in [0.2, 0.25) is 0 Å². The zero-order valence-electron chi connectivity index (χ0n) is 16.1. The van der Waals surface area contributed by atoms with Crippen LogP contribution in [0.25, 0.3) is 0 Å². The summed E-state index contributed by atoms with van der Waals surface area (Å²) in [6.07, 6.45) is 0.500. The van der Waals surface area contributed by atoms with Gasteiger partial charge < -0.3 is 5.11 Å². The van der Waals surface area contributed by atoms with E-state index in [1.165, 1.54) is 19.1 Å². The Morgan fingerprint density at radius 2 is 1.59 bits per heavy atom. The first-order chi connectivity index (χ1) is 13.6. The molecule has 0 aliphatic heterocycles. The first kappa shape index (κ1) is 19.4. The van der Waals surface area contributed by atoms with Crippen molar-refractivity contribution < 1.29 is 33.9 Å². The van der Waals surface area contributed by atoms with Crippen molar-refractivity contribution in [1.82, 2.24) is 0 Å². The molecule has 0 saturated heterocycles. The number of hydrogen-bond donors (Lipinski definition) is 1. The van der Waals surface area contributed by atoms with Crippen molar-refractivity contribution in [1.29, 1.82) is 0 Å². The predicted molar refractivity (Wildman–Crippen MR) is 98.5 cm³/mol. The number of carbonyl (C=O) groups is 6. The average molecular weight is 396 g/mol. The van der Waals surface area contributed by atoms with Gasteiger partial charge in [0.1, 0.15) is 17.5 Å². The molecule has 1 aromatic carbocycles. The van der Waals surface area contributed by atoms with Gasteiger partial charge in [-0.3, -0.25) is 28.8 Å². The van der Waals surface area contributed by atoms with Crippen LogP contribution in [0.3, 0.4) is 0 Å². The molecule has 3 aliphatic rings. The van der Waals surface area contributed by atoms with Crippen molar-refractivity contribution in [3.05, 3.63) is 28.8 Å². The number of Topliss-reactive ketones (excluding diaryl/α,β-unsaturated/α-hetero) is 6. The lowest BCUT2D eigenvalue weighted by molar-refractivity contribution is -0.152. The maximum absolute atomic E-state index is 13.2. The van der Waals surface area contributed by atoms with E-state index in [1.54, 1.807) is 0 Å². The third kappa shape index (κ3) is 2.71. The Kier molecular flexibility index (Phi) is 4.37. The molecule has 7 nitrogen and oxygen atoms in total. The molecule has 1 N–H and O–H groups in total. The highest BCUT2D eigenvalue weighted by molar-refractivity contribution is 6.28. The van der Waals surface area contributed by atoms with Crippen LogP contribution < -0.4 is 0 Å². The Balaban J connectivity index is 1.79. The zero-order valence-corrected chi connectivity index (χ0v) is 16.1. The summed E-state index contributed by atoms with van der Waals surface area (Å²) in [7, 11) is 0. The van der Waals surface area contributed by atoms with E-state index >= 15 is 0 Å². The van der Waals surface area contributed by atoms with Gasteiger partial charge in [-0.25, -0.2) is 0 Å². The van der Waals surface area contributed by atoms with Crippen molar-refractivity contribution >= 4 is 34.7 Å². The summed E-state index contributed by atoms with van der Waals surface area (Å²) in [6.45, 7) is 2.52. The minimum Gasteiger partial charge on any atom is -0.507 e. The number of phenolic OH excluding ortho intramolecular Hbond substituents is 1. The van der Waals surface area contributed by atoms with Gasteiger partial charge >= 0.3 is 0 Å². The SMILES string of the molecule is CC(=O)c1ccc(O)c2c1CC1CC3CC(=O)C(C(C)=O)C(=O)C3C(=O)C1C2=O. The van der Waals surface area contributed by atoms with Crippen molar-refractivity contribution in [3.63, 3.8) is 0 Å². The number of ketones is 6. The second-order valence-electron chi connectivity index (χ2n) is 8.34. The fourth-order valence-electron chi connectivity index (χ4n) is 5.45. The molecule has 0 amide bonds. The Morgan fingerprint density at radius 1 is 0.931 bits per heavy atom. The Morgan fingerprint density at radius 3 is 2.21 bits per heavy atom. The van der Waals surface area contributed by atoms with Crippen LogP contribution in [0.15, 0.2) is 12.1 Å². The summed E-state index contributed by atoms with van der Waals surface area (Å²) >= 11 is 0. The van der Waals surface area contributed by atoms with E-state index in [0.717, 1.165) is 6.92 Å². The lowest BCUT2D eigenvalue weighted by Gasteiger charge is -2.44. The maximum atomic E-state index is 13.2. The van der Waals surface area contributed by atoms with Gasteiger partial charge in [0.05, 0.1) is 17.4 Å². The highest BCUT2D eigenvalue weighted by Gasteiger charge is 2.57. The highest BCUT2D eigenvalue weighted by Crippen LogP contribution is 2.48. The number of hydrogen-bond acceptors (Lipinski definition) is 7. The molecule has 7 heteroatoms. The molecule has 0 spiro atoms. The molecular weight excluding hydrogens is 376 g/mol. The molecule has 0 heterocycles. The largest absolute Gasteiger partial charge is 0.507 e. The molecule has 5 atom stereocenters. The summed E-state index contributed by atoms with van der Waals surface area (Å²) in [5, 5.41) is 10.2. The summed E-state index contributed by atoms with van der Waals surface area (Å²) < 4.78 is 0. The van der Waals surface area contributed by atoms with Crippen molar-refractivity contribution in [2.24, 2.45) is 29.6 Å². The second-order valence-corrected chi connectivity index (χ2v) is 8.34. The topological polar surface area (TPSA) is 123 Å². The van der Waals surface area contributed by atoms with E-state index in [1.807, 2.05) is 0 Å². The van der Waals surface area contributed by atoms with Crippen molar-refractivity contribution in [2.45, 2.75) is 33.1 Å². The number of rotatable bonds is 2. The normalized spacial score (nSPS) is 31.0. The molecule has 2 saturated carbocycles. The second kappa shape index (κ2) is 6.54. The molecule has 4 rings (SSSR count). The fourth-order valence-corrected chi connectivity index (χ4v) is 5.45. The van der Waals surface area contributed by atoms with Crippen LogP contribution in [0.5, 0.6) is 5.75 Å². The number of phenols is 1. The van der Waals surface area contributed by atoms with Crippen LogP contribution in [-0.4, -0.2) is 39.8 Å². The van der Waals surface area contributed by atoms with Gasteiger partial charge in [-0.2, -0.15) is 0 Å². The lowest BCUT2D eigenvalue weighted by atomic mass is 9.55. The molecule has 1 aromatic rings. The van der Waals surface area contributed by atoms with Gasteiger partial charge in [-0.15, -0.1) is 0 Å². The molecule has 29 heavy (non-hydrogen) atoms. The van der Waals surface area contributed by atoms with Crippen LogP contribution >= 0.6 is 0 Å². The minimum atomic E-state index is -1.43. The number of aromatic hydroxyl groups is 1. The maximum Gasteiger partial charge on any atom is 0.177 e. The average Bonchev–Trinajstić information content (AvgIpc) is 2.60. The first-order valence-electron chi connectivity index (χ1n) is 9.64. The third-order valence-electron chi connectivity index (χ3n) is 6.61. The molecule has 0 radical (unpaired) electrons. The monoisotopic (exact) mass is 396 g/mol. The van der Waals surface area contributed by atoms with E-state index in [2.05, 4.69) is 0 Å². The standard InChI is InChI=1S/C22H20O7/c1-8(23)12-3-4-14(25)19-13(12)6-10-5-11-7-15(26)16(9(2)24)20(27)18(11)21(28)17(10)22(19)29/h3-4,10-11,16-18,25H,5-7H2,1-2H3. The van der Waals surface area contributed by atoms with Crippen LogP contribution in [-0.2, 0) is 25.6 Å². The molecule has 150 valence electrons. The Hall–Kier alpha value is -2.96. The van der Waals surface area contributed by atoms with E-state index in [9.17, 15) is 33.9 Å². The minimum absolute atomic E-state index is 0.0341. The number of fused-ring (bicyclic) bond motifs is 3. The van der Waals surface area contributed by atoms with Gasteiger partial charge in [0.25, 0.3) is 0 Å². The summed E-state index contributed by atoms with van der Waals surface area (Å²) in [5.41, 5.74) is 0.713. The molecular formula is C22H20O7. The Bertz CT molecular complexity index is 1020. The first-order valence-corrected chi connectivity index (χ1v) is 9.64.